The van der Waals surface area contributed by atoms with Crippen LogP contribution in [0.15, 0.2) is 60.5 Å². The topological polar surface area (TPSA) is 50.2 Å². The monoisotopic (exact) mass is 763 g/mol. The molecular formula is C34H42GeIrNO2-. The van der Waals surface area contributed by atoms with Crippen LogP contribution in [0.25, 0.3) is 32.4 Å². The Hall–Kier alpha value is -2.01. The number of rotatable bonds is 7. The predicted octanol–water partition coefficient (Wildman–Crippen LogP) is 8.12. The van der Waals surface area contributed by atoms with Gasteiger partial charge in [0.1, 0.15) is 5.76 Å². The van der Waals surface area contributed by atoms with E-state index in [1.807, 2.05) is 53.8 Å². The van der Waals surface area contributed by atoms with E-state index in [0.29, 0.717) is 0 Å². The molecule has 1 aliphatic rings. The number of hydrogen-bond donors (Lipinski definition) is 1. The molecule has 3 nitrogen and oxygen atoms in total. The minimum absolute atomic E-state index is 0. The Morgan fingerprint density at radius 3 is 2.10 bits per heavy atom. The quantitative estimate of drug-likeness (QED) is 0.0681. The van der Waals surface area contributed by atoms with Crippen molar-refractivity contribution >= 4 is 60.3 Å². The molecule has 0 unspecified atom stereocenters. The first-order chi connectivity index (χ1) is 18.0. The van der Waals surface area contributed by atoms with Gasteiger partial charge in [-0.05, 0) is 25.7 Å². The molecule has 3 aromatic carbocycles. The van der Waals surface area contributed by atoms with E-state index < -0.39 is 13.3 Å². The first-order valence-electron chi connectivity index (χ1n) is 14.1. The van der Waals surface area contributed by atoms with Crippen molar-refractivity contribution in [3.63, 3.8) is 0 Å². The summed E-state index contributed by atoms with van der Waals surface area (Å²) in [5.74, 6) is 5.28. The molecule has 2 heterocycles. The first kappa shape index (κ1) is 31.5. The van der Waals surface area contributed by atoms with Gasteiger partial charge in [0, 0.05) is 37.0 Å². The van der Waals surface area contributed by atoms with Crippen molar-refractivity contribution < 1.29 is 30.0 Å². The van der Waals surface area contributed by atoms with Crippen molar-refractivity contribution in [1.82, 2.24) is 4.98 Å². The zero-order valence-electron chi connectivity index (χ0n) is 24.7. The van der Waals surface area contributed by atoms with Crippen molar-refractivity contribution in [3.05, 3.63) is 66.6 Å². The minimum atomic E-state index is -2.17. The number of aromatic nitrogens is 1. The zero-order chi connectivity index (χ0) is 27.9. The molecule has 0 fully saturated rings. The van der Waals surface area contributed by atoms with Crippen molar-refractivity contribution in [2.24, 2.45) is 10.8 Å². The predicted molar refractivity (Wildman–Crippen MR) is 165 cm³/mol. The number of aliphatic hydroxyl groups excluding tert-OH is 1. The molecule has 0 spiro atoms. The van der Waals surface area contributed by atoms with Gasteiger partial charge in [-0.1, -0.05) is 41.5 Å². The number of pyridine rings is 1. The van der Waals surface area contributed by atoms with Crippen LogP contribution in [0.5, 0.6) is 0 Å². The summed E-state index contributed by atoms with van der Waals surface area (Å²) in [4.78, 5) is 16.9. The number of carbonyl (C=O) groups excluding carboxylic acids is 1. The fraction of sp³-hybridized carbons (Fsp3) is 0.412. The second kappa shape index (κ2) is 11.8. The van der Waals surface area contributed by atoms with Gasteiger partial charge in [-0.3, -0.25) is 4.79 Å². The Morgan fingerprint density at radius 1 is 0.897 bits per heavy atom. The summed E-state index contributed by atoms with van der Waals surface area (Å²) in [6.45, 7) is 12.1. The molecule has 5 heteroatoms. The van der Waals surface area contributed by atoms with Gasteiger partial charge in [-0.25, -0.2) is 0 Å². The Bertz CT molecular complexity index is 1460. The van der Waals surface area contributed by atoms with E-state index in [0.717, 1.165) is 31.2 Å². The van der Waals surface area contributed by atoms with Gasteiger partial charge < -0.3 is 5.11 Å². The Morgan fingerprint density at radius 2 is 1.49 bits per heavy atom. The van der Waals surface area contributed by atoms with Crippen molar-refractivity contribution in [2.75, 3.05) is 0 Å². The summed E-state index contributed by atoms with van der Waals surface area (Å²) in [5.41, 5.74) is 0.535. The Balaban J connectivity index is 0.000000217. The molecule has 0 bridgehead atoms. The van der Waals surface area contributed by atoms with E-state index in [1.165, 1.54) is 33.0 Å². The van der Waals surface area contributed by atoms with E-state index in [4.69, 9.17) is 4.98 Å². The molecule has 1 aliphatic heterocycles. The molecular weight excluding hydrogens is 719 g/mol. The largest absolute Gasteiger partial charge is 0 e. The van der Waals surface area contributed by atoms with Crippen LogP contribution in [0.2, 0.25) is 11.5 Å². The zero-order valence-corrected chi connectivity index (χ0v) is 29.2. The summed E-state index contributed by atoms with van der Waals surface area (Å²) in [5, 5.41) is 16.8. The summed E-state index contributed by atoms with van der Waals surface area (Å²) >= 11 is -2.17. The van der Waals surface area contributed by atoms with Crippen LogP contribution in [-0.4, -0.2) is 29.1 Å². The van der Waals surface area contributed by atoms with Gasteiger partial charge in [0.25, 0.3) is 0 Å². The third-order valence-corrected chi connectivity index (χ3v) is 17.0. The smallest absolute Gasteiger partial charge is 0 e. The molecule has 209 valence electrons. The van der Waals surface area contributed by atoms with Crippen LogP contribution < -0.4 is 8.79 Å². The number of fused-ring (bicyclic) bond motifs is 3. The van der Waals surface area contributed by atoms with E-state index in [1.54, 1.807) is 8.79 Å². The van der Waals surface area contributed by atoms with Gasteiger partial charge in [0.15, 0.2) is 5.78 Å². The molecule has 1 N–H and O–H groups in total. The molecule has 0 aliphatic carbocycles. The van der Waals surface area contributed by atoms with Crippen LogP contribution >= 0.6 is 0 Å². The summed E-state index contributed by atoms with van der Waals surface area (Å²) in [7, 11) is 0. The number of carbonyl (C=O) groups is 1. The third-order valence-electron chi connectivity index (χ3n) is 9.60. The molecule has 5 rings (SSSR count). The average molecular weight is 762 g/mol. The number of allylic oxidation sites excluding steroid dienone is 2. The van der Waals surface area contributed by atoms with Crippen LogP contribution in [0.1, 0.15) is 67.2 Å². The molecule has 0 saturated heterocycles. The maximum absolute atomic E-state index is 12.2. The maximum Gasteiger partial charge on any atom is 0 e. The second-order valence-electron chi connectivity index (χ2n) is 11.8. The normalized spacial score (nSPS) is 14.4. The Kier molecular flexibility index (Phi) is 9.57. The minimum Gasteiger partial charge on any atom is 0 e. The van der Waals surface area contributed by atoms with Gasteiger partial charge >= 0.3 is 126 Å². The third kappa shape index (κ3) is 5.25. The number of benzene rings is 3. The number of ketones is 1. The van der Waals surface area contributed by atoms with Crippen molar-refractivity contribution in [1.29, 1.82) is 0 Å². The van der Waals surface area contributed by atoms with Crippen molar-refractivity contribution in [2.45, 2.75) is 78.7 Å². The number of nitrogens with zero attached hydrogens (tertiary/aromatic N) is 1. The van der Waals surface area contributed by atoms with Gasteiger partial charge in [0.05, 0.1) is 0 Å². The fourth-order valence-electron chi connectivity index (χ4n) is 5.68. The van der Waals surface area contributed by atoms with Gasteiger partial charge in [-0.15, -0.1) is 0 Å². The molecule has 1 aromatic heterocycles. The maximum atomic E-state index is 12.2. The second-order valence-corrected chi connectivity index (χ2v) is 20.9. The van der Waals surface area contributed by atoms with Crippen LogP contribution in [0.3, 0.4) is 0 Å². The first-order valence-corrected chi connectivity index (χ1v) is 20.4. The SMILES string of the molecule is CCC(C)(CC)C(=O)/C=C(\O)C(C)(CC)CC.[CH3][Ge]1([CH3])[c]2cccc3c4ccc[c-]c4c4ncc[c]1c4c23.[Ir]. The summed E-state index contributed by atoms with van der Waals surface area (Å²) in [6.07, 6.45) is 6.74. The van der Waals surface area contributed by atoms with E-state index in [9.17, 15) is 9.90 Å². The summed E-state index contributed by atoms with van der Waals surface area (Å²) in [6, 6.07) is 18.8. The molecule has 0 atom stereocenters. The molecule has 1 radical (unpaired) electrons. The van der Waals surface area contributed by atoms with Crippen LogP contribution in [-0.2, 0) is 24.9 Å². The number of hydrogen-bond acceptors (Lipinski definition) is 3. The number of aliphatic hydroxyl groups is 1. The summed E-state index contributed by atoms with van der Waals surface area (Å²) < 4.78 is 3.18. The van der Waals surface area contributed by atoms with E-state index >= 15 is 0 Å². The van der Waals surface area contributed by atoms with Gasteiger partial charge in [0.2, 0.25) is 0 Å². The van der Waals surface area contributed by atoms with Crippen molar-refractivity contribution in [3.8, 4) is 0 Å². The fourth-order valence-corrected chi connectivity index (χ4v) is 12.1. The van der Waals surface area contributed by atoms with Gasteiger partial charge in [-0.2, -0.15) is 0 Å². The van der Waals surface area contributed by atoms with E-state index in [-0.39, 0.29) is 42.5 Å². The molecule has 39 heavy (non-hydrogen) atoms. The van der Waals surface area contributed by atoms with Crippen LogP contribution in [0, 0.1) is 16.9 Å². The standard InChI is InChI=1S/C19H14GeN.C15H28O2.Ir/c1-20(2)15-9-5-8-13-12-6-3-4-7-14(12)19-18(17(13)15)16(20)10-11-21-19;1-7-14(5,8-2)12(16)11-13(17)15(6,9-3)10-4;/h3-6,8-11H,1-2H3;11,16H,7-10H2,1-6H3;/q-1;;/b;12-11-;. The molecule has 4 aromatic rings. The van der Waals surface area contributed by atoms with E-state index in [2.05, 4.69) is 54.0 Å². The van der Waals surface area contributed by atoms with Crippen LogP contribution in [0.4, 0.5) is 0 Å². The molecule has 0 saturated carbocycles. The average Bonchev–Trinajstić information content (AvgIpc) is 3.19. The Labute approximate surface area is 250 Å². The molecule has 0 amide bonds.